The summed E-state index contributed by atoms with van der Waals surface area (Å²) in [5, 5.41) is 3.39. The van der Waals surface area contributed by atoms with Crippen molar-refractivity contribution in [1.82, 2.24) is 10.3 Å². The van der Waals surface area contributed by atoms with E-state index in [0.717, 1.165) is 5.92 Å². The van der Waals surface area contributed by atoms with Crippen molar-refractivity contribution in [2.45, 2.75) is 32.6 Å². The maximum Gasteiger partial charge on any atom is 0.254 e. The van der Waals surface area contributed by atoms with E-state index in [2.05, 4.69) is 17.2 Å². The van der Waals surface area contributed by atoms with Crippen molar-refractivity contribution in [3.63, 3.8) is 0 Å². The zero-order chi connectivity index (χ0) is 13.8. The van der Waals surface area contributed by atoms with Gasteiger partial charge in [-0.3, -0.25) is 4.79 Å². The van der Waals surface area contributed by atoms with Crippen LogP contribution in [0.4, 0.5) is 0 Å². The third-order valence-corrected chi connectivity index (χ3v) is 4.15. The summed E-state index contributed by atoms with van der Waals surface area (Å²) >= 11 is 11.6. The average molecular weight is 301 g/mol. The lowest BCUT2D eigenvalue weighted by Crippen LogP contribution is -2.31. The predicted molar refractivity (Wildman–Crippen MR) is 77.7 cm³/mol. The van der Waals surface area contributed by atoms with E-state index < -0.39 is 0 Å². The molecule has 1 heterocycles. The van der Waals surface area contributed by atoms with Gasteiger partial charge in [-0.15, -0.1) is 0 Å². The van der Waals surface area contributed by atoms with E-state index >= 15 is 0 Å². The standard InChI is InChI=1S/C14H18Cl2N2O/c1-9-3-2-4-10(7-9)8-17-14(19)11-5-6-12(15)18-13(11)16/h5-6,9-10H,2-4,7-8H2,1H3,(H,17,19). The Morgan fingerprint density at radius 1 is 1.42 bits per heavy atom. The van der Waals surface area contributed by atoms with Crippen molar-refractivity contribution < 1.29 is 4.79 Å². The SMILES string of the molecule is CC1CCCC(CNC(=O)c2ccc(Cl)nc2Cl)C1. The summed E-state index contributed by atoms with van der Waals surface area (Å²) < 4.78 is 0. The Kier molecular flexibility index (Phi) is 5.06. The fourth-order valence-electron chi connectivity index (χ4n) is 2.66. The first-order valence-corrected chi connectivity index (χ1v) is 7.42. The first kappa shape index (κ1) is 14.6. The number of nitrogens with one attached hydrogen (secondary N) is 1. The molecule has 1 aromatic heterocycles. The summed E-state index contributed by atoms with van der Waals surface area (Å²) in [6, 6.07) is 3.18. The largest absolute Gasteiger partial charge is 0.352 e. The van der Waals surface area contributed by atoms with Crippen LogP contribution in [0.15, 0.2) is 12.1 Å². The van der Waals surface area contributed by atoms with Crippen LogP contribution in [0.1, 0.15) is 43.0 Å². The van der Waals surface area contributed by atoms with Crippen molar-refractivity contribution >= 4 is 29.1 Å². The van der Waals surface area contributed by atoms with Gasteiger partial charge in [0, 0.05) is 6.54 Å². The van der Waals surface area contributed by atoms with Gasteiger partial charge in [0.25, 0.3) is 5.91 Å². The topological polar surface area (TPSA) is 42.0 Å². The molecule has 2 rings (SSSR count). The lowest BCUT2D eigenvalue weighted by atomic mass is 9.82. The Balaban J connectivity index is 1.90. The molecule has 2 unspecified atom stereocenters. The minimum atomic E-state index is -0.174. The van der Waals surface area contributed by atoms with Crippen molar-refractivity contribution in [3.8, 4) is 0 Å². The Morgan fingerprint density at radius 2 is 2.21 bits per heavy atom. The molecule has 1 aliphatic carbocycles. The molecule has 1 aromatic rings. The number of aromatic nitrogens is 1. The van der Waals surface area contributed by atoms with E-state index in [1.165, 1.54) is 25.7 Å². The molecule has 104 valence electrons. The predicted octanol–water partition coefficient (Wildman–Crippen LogP) is 3.94. The molecule has 0 aromatic carbocycles. The molecule has 5 heteroatoms. The molecular formula is C14H18Cl2N2O. The van der Waals surface area contributed by atoms with Crippen LogP contribution in [-0.2, 0) is 0 Å². The minimum Gasteiger partial charge on any atom is -0.352 e. The lowest BCUT2D eigenvalue weighted by molar-refractivity contribution is 0.0940. The normalized spacial score (nSPS) is 23.1. The number of halogens is 2. The van der Waals surface area contributed by atoms with Crippen molar-refractivity contribution in [1.29, 1.82) is 0 Å². The van der Waals surface area contributed by atoms with Gasteiger partial charge in [0.05, 0.1) is 5.56 Å². The number of carbonyl (C=O) groups is 1. The van der Waals surface area contributed by atoms with E-state index in [1.54, 1.807) is 12.1 Å². The molecule has 3 nitrogen and oxygen atoms in total. The summed E-state index contributed by atoms with van der Waals surface area (Å²) in [4.78, 5) is 15.9. The molecule has 0 bridgehead atoms. The molecule has 1 amide bonds. The molecular weight excluding hydrogens is 283 g/mol. The highest BCUT2D eigenvalue weighted by Crippen LogP contribution is 2.28. The second kappa shape index (κ2) is 6.58. The van der Waals surface area contributed by atoms with E-state index in [9.17, 15) is 4.79 Å². The van der Waals surface area contributed by atoms with Gasteiger partial charge >= 0.3 is 0 Å². The fraction of sp³-hybridized carbons (Fsp3) is 0.571. The van der Waals surface area contributed by atoms with Crippen LogP contribution in [0.5, 0.6) is 0 Å². The Hall–Kier alpha value is -0.800. The van der Waals surface area contributed by atoms with Gasteiger partial charge < -0.3 is 5.32 Å². The summed E-state index contributed by atoms with van der Waals surface area (Å²) in [5.74, 6) is 1.16. The molecule has 1 saturated carbocycles. The van der Waals surface area contributed by atoms with Crippen LogP contribution >= 0.6 is 23.2 Å². The molecule has 0 saturated heterocycles. The summed E-state index contributed by atoms with van der Waals surface area (Å²) in [6.45, 7) is 2.98. The monoisotopic (exact) mass is 300 g/mol. The van der Waals surface area contributed by atoms with Crippen LogP contribution in [0.25, 0.3) is 0 Å². The first-order valence-electron chi connectivity index (χ1n) is 6.66. The zero-order valence-electron chi connectivity index (χ0n) is 11.0. The number of rotatable bonds is 3. The van der Waals surface area contributed by atoms with Crippen LogP contribution < -0.4 is 5.32 Å². The molecule has 0 aliphatic heterocycles. The number of hydrogen-bond acceptors (Lipinski definition) is 2. The minimum absolute atomic E-state index is 0.155. The molecule has 2 atom stereocenters. The Labute approximate surface area is 123 Å². The number of nitrogens with zero attached hydrogens (tertiary/aromatic N) is 1. The number of pyridine rings is 1. The molecule has 0 radical (unpaired) electrons. The maximum absolute atomic E-state index is 12.0. The highest BCUT2D eigenvalue weighted by Gasteiger charge is 2.20. The van der Waals surface area contributed by atoms with Gasteiger partial charge in [-0.25, -0.2) is 4.98 Å². The molecule has 0 spiro atoms. The number of hydrogen-bond donors (Lipinski definition) is 1. The summed E-state index contributed by atoms with van der Waals surface area (Å²) in [6.07, 6.45) is 4.94. The molecule has 1 aliphatic rings. The Morgan fingerprint density at radius 3 is 2.89 bits per heavy atom. The quantitative estimate of drug-likeness (QED) is 0.859. The second-order valence-electron chi connectivity index (χ2n) is 5.32. The second-order valence-corrected chi connectivity index (χ2v) is 6.07. The van der Waals surface area contributed by atoms with E-state index in [0.29, 0.717) is 23.2 Å². The van der Waals surface area contributed by atoms with Crippen LogP contribution in [0.2, 0.25) is 10.3 Å². The third kappa shape index (κ3) is 4.08. The van der Waals surface area contributed by atoms with Gasteiger partial charge in [-0.2, -0.15) is 0 Å². The van der Waals surface area contributed by atoms with Gasteiger partial charge in [0.1, 0.15) is 10.3 Å². The summed E-state index contributed by atoms with van der Waals surface area (Å²) in [7, 11) is 0. The molecule has 19 heavy (non-hydrogen) atoms. The van der Waals surface area contributed by atoms with Crippen LogP contribution in [0, 0.1) is 11.8 Å². The van der Waals surface area contributed by atoms with Gasteiger partial charge in [0.2, 0.25) is 0 Å². The van der Waals surface area contributed by atoms with Gasteiger partial charge in [-0.05, 0) is 36.8 Å². The highest BCUT2D eigenvalue weighted by atomic mass is 35.5. The first-order chi connectivity index (χ1) is 9.06. The van der Waals surface area contributed by atoms with E-state index in [-0.39, 0.29) is 11.1 Å². The zero-order valence-corrected chi connectivity index (χ0v) is 12.5. The van der Waals surface area contributed by atoms with Gasteiger partial charge in [-0.1, -0.05) is 43.0 Å². The van der Waals surface area contributed by atoms with Crippen molar-refractivity contribution in [2.75, 3.05) is 6.54 Å². The molecule has 1 N–H and O–H groups in total. The highest BCUT2D eigenvalue weighted by molar-refractivity contribution is 6.34. The number of amides is 1. The smallest absolute Gasteiger partial charge is 0.254 e. The van der Waals surface area contributed by atoms with Gasteiger partial charge in [0.15, 0.2) is 0 Å². The number of carbonyl (C=O) groups excluding carboxylic acids is 1. The van der Waals surface area contributed by atoms with E-state index in [1.807, 2.05) is 0 Å². The van der Waals surface area contributed by atoms with Crippen LogP contribution in [0.3, 0.4) is 0 Å². The van der Waals surface area contributed by atoms with Crippen molar-refractivity contribution in [3.05, 3.63) is 28.0 Å². The summed E-state index contributed by atoms with van der Waals surface area (Å²) in [5.41, 5.74) is 0.384. The van der Waals surface area contributed by atoms with Crippen molar-refractivity contribution in [2.24, 2.45) is 11.8 Å². The fourth-order valence-corrected chi connectivity index (χ4v) is 3.09. The third-order valence-electron chi connectivity index (χ3n) is 3.66. The Bertz CT molecular complexity index is 465. The average Bonchev–Trinajstić information content (AvgIpc) is 2.36. The van der Waals surface area contributed by atoms with Crippen LogP contribution in [-0.4, -0.2) is 17.4 Å². The lowest BCUT2D eigenvalue weighted by Gasteiger charge is -2.26. The van der Waals surface area contributed by atoms with E-state index in [4.69, 9.17) is 23.2 Å². The maximum atomic E-state index is 12.0. The molecule has 1 fully saturated rings.